The highest BCUT2D eigenvalue weighted by Gasteiger charge is 2.26. The molecule has 0 aliphatic carbocycles. The maximum Gasteiger partial charge on any atom is 0.348 e. The highest BCUT2D eigenvalue weighted by atomic mass is 32.1. The molecule has 1 aromatic rings. The Bertz CT molecular complexity index is 581. The van der Waals surface area contributed by atoms with Crippen LogP contribution in [-0.2, 0) is 9.47 Å². The molecule has 1 heterocycles. The lowest BCUT2D eigenvalue weighted by atomic mass is 10.1. The summed E-state index contributed by atoms with van der Waals surface area (Å²) < 4.78 is 9.44. The number of thiocarbonyl (C=S) groups is 1. The number of anilines is 1. The molecule has 0 unspecified atom stereocenters. The van der Waals surface area contributed by atoms with Gasteiger partial charge in [0.15, 0.2) is 5.11 Å². The molecule has 1 rings (SSSR count). The molecule has 0 amide bonds. The van der Waals surface area contributed by atoms with Crippen LogP contribution in [0.3, 0.4) is 0 Å². The molecule has 0 bridgehead atoms. The minimum atomic E-state index is -0.548. The Labute approximate surface area is 132 Å². The van der Waals surface area contributed by atoms with Crippen molar-refractivity contribution in [3.63, 3.8) is 0 Å². The van der Waals surface area contributed by atoms with Gasteiger partial charge in [0, 0.05) is 6.54 Å². The Morgan fingerprint density at radius 2 is 1.95 bits per heavy atom. The maximum atomic E-state index is 11.9. The SMILES string of the molecule is C=CCNC(=S)Nc1sc(C(=O)OC)c(C)c1C(=O)OC. The van der Waals surface area contributed by atoms with Crippen LogP contribution in [0, 0.1) is 6.92 Å². The van der Waals surface area contributed by atoms with Crippen molar-refractivity contribution < 1.29 is 19.1 Å². The van der Waals surface area contributed by atoms with E-state index in [0.717, 1.165) is 11.3 Å². The number of carbonyl (C=O) groups is 2. The standard InChI is InChI=1S/C13H16N2O4S2/c1-5-6-14-13(20)15-10-8(11(16)18-3)7(2)9(21-10)12(17)19-4/h5H,1,6H2,2-4H3,(H2,14,15,20). The molecule has 114 valence electrons. The average molecular weight is 328 g/mol. The van der Waals surface area contributed by atoms with Crippen LogP contribution in [0.25, 0.3) is 0 Å². The van der Waals surface area contributed by atoms with Crippen molar-refractivity contribution in [3.8, 4) is 0 Å². The summed E-state index contributed by atoms with van der Waals surface area (Å²) in [5.41, 5.74) is 0.762. The average Bonchev–Trinajstić information content (AvgIpc) is 2.80. The van der Waals surface area contributed by atoms with Crippen molar-refractivity contribution >= 4 is 45.6 Å². The molecular formula is C13H16N2O4S2. The number of rotatable bonds is 5. The molecule has 0 aromatic carbocycles. The number of carbonyl (C=O) groups excluding carboxylic acids is 2. The zero-order chi connectivity index (χ0) is 16.0. The van der Waals surface area contributed by atoms with Gasteiger partial charge in [-0.15, -0.1) is 17.9 Å². The predicted octanol–water partition coefficient (Wildman–Crippen LogP) is 2.10. The molecule has 2 N–H and O–H groups in total. The van der Waals surface area contributed by atoms with Gasteiger partial charge in [-0.1, -0.05) is 6.08 Å². The fraction of sp³-hybridized carbons (Fsp3) is 0.308. The Balaban J connectivity index is 3.16. The van der Waals surface area contributed by atoms with E-state index in [4.69, 9.17) is 21.7 Å². The van der Waals surface area contributed by atoms with Crippen molar-refractivity contribution in [3.05, 3.63) is 28.7 Å². The second-order valence-corrected chi connectivity index (χ2v) is 5.30. The summed E-state index contributed by atoms with van der Waals surface area (Å²) in [6.45, 7) is 5.70. The molecule has 8 heteroatoms. The smallest absolute Gasteiger partial charge is 0.348 e. The predicted molar refractivity (Wildman–Crippen MR) is 86.2 cm³/mol. The zero-order valence-electron chi connectivity index (χ0n) is 11.9. The first kappa shape index (κ1) is 17.1. The van der Waals surface area contributed by atoms with E-state index in [0.29, 0.717) is 27.1 Å². The Kier molecular flexibility index (Phi) is 6.32. The molecule has 0 saturated carbocycles. The first-order valence-electron chi connectivity index (χ1n) is 5.92. The van der Waals surface area contributed by atoms with Gasteiger partial charge in [-0.3, -0.25) is 0 Å². The molecule has 6 nitrogen and oxygen atoms in total. The van der Waals surface area contributed by atoms with Gasteiger partial charge in [-0.2, -0.15) is 0 Å². The third kappa shape index (κ3) is 4.02. The van der Waals surface area contributed by atoms with E-state index in [-0.39, 0.29) is 5.56 Å². The normalized spacial score (nSPS) is 9.67. The summed E-state index contributed by atoms with van der Waals surface area (Å²) >= 11 is 6.18. The van der Waals surface area contributed by atoms with Crippen molar-refractivity contribution in [2.45, 2.75) is 6.92 Å². The molecule has 0 atom stereocenters. The second-order valence-electron chi connectivity index (χ2n) is 3.87. The monoisotopic (exact) mass is 328 g/mol. The Morgan fingerprint density at radius 3 is 2.48 bits per heavy atom. The van der Waals surface area contributed by atoms with E-state index in [1.807, 2.05) is 0 Å². The highest BCUT2D eigenvalue weighted by molar-refractivity contribution is 7.80. The van der Waals surface area contributed by atoms with Crippen LogP contribution >= 0.6 is 23.6 Å². The molecule has 0 radical (unpaired) electrons. The van der Waals surface area contributed by atoms with Crippen LogP contribution in [0.2, 0.25) is 0 Å². The highest BCUT2D eigenvalue weighted by Crippen LogP contribution is 2.34. The molecule has 21 heavy (non-hydrogen) atoms. The zero-order valence-corrected chi connectivity index (χ0v) is 13.6. The number of hydrogen-bond acceptors (Lipinski definition) is 6. The van der Waals surface area contributed by atoms with E-state index < -0.39 is 11.9 Å². The lowest BCUT2D eigenvalue weighted by Gasteiger charge is -2.08. The summed E-state index contributed by atoms with van der Waals surface area (Å²) in [7, 11) is 2.55. The van der Waals surface area contributed by atoms with Gasteiger partial charge in [0.2, 0.25) is 0 Å². The number of hydrogen-bond donors (Lipinski definition) is 2. The van der Waals surface area contributed by atoms with Crippen LogP contribution < -0.4 is 10.6 Å². The number of thiophene rings is 1. The second kappa shape index (κ2) is 7.75. The molecule has 0 saturated heterocycles. The number of esters is 2. The molecule has 0 aliphatic rings. The lowest BCUT2D eigenvalue weighted by molar-refractivity contribution is 0.0601. The number of ether oxygens (including phenoxy) is 2. The lowest BCUT2D eigenvalue weighted by Crippen LogP contribution is -2.28. The number of methoxy groups -OCH3 is 2. The van der Waals surface area contributed by atoms with E-state index in [2.05, 4.69) is 17.2 Å². The van der Waals surface area contributed by atoms with Gasteiger partial charge >= 0.3 is 11.9 Å². The summed E-state index contributed by atoms with van der Waals surface area (Å²) in [5, 5.41) is 6.51. The largest absolute Gasteiger partial charge is 0.465 e. The van der Waals surface area contributed by atoms with Crippen molar-refractivity contribution in [1.82, 2.24) is 5.32 Å². The Hall–Kier alpha value is -1.93. The summed E-state index contributed by atoms with van der Waals surface area (Å²) in [6.07, 6.45) is 1.65. The minimum absolute atomic E-state index is 0.269. The van der Waals surface area contributed by atoms with Crippen LogP contribution in [0.1, 0.15) is 25.6 Å². The van der Waals surface area contributed by atoms with Crippen molar-refractivity contribution in [2.75, 3.05) is 26.1 Å². The van der Waals surface area contributed by atoms with Gasteiger partial charge in [0.1, 0.15) is 9.88 Å². The van der Waals surface area contributed by atoms with Gasteiger partial charge < -0.3 is 20.1 Å². The quantitative estimate of drug-likeness (QED) is 0.487. The van der Waals surface area contributed by atoms with Crippen LogP contribution in [-0.4, -0.2) is 37.8 Å². The maximum absolute atomic E-state index is 11.9. The van der Waals surface area contributed by atoms with Gasteiger partial charge in [0.05, 0.1) is 19.8 Å². The molecular weight excluding hydrogens is 312 g/mol. The third-order valence-corrected chi connectivity index (χ3v) is 3.97. The minimum Gasteiger partial charge on any atom is -0.465 e. The van der Waals surface area contributed by atoms with E-state index in [1.54, 1.807) is 13.0 Å². The van der Waals surface area contributed by atoms with Crippen molar-refractivity contribution in [2.24, 2.45) is 0 Å². The van der Waals surface area contributed by atoms with Crippen LogP contribution in [0.4, 0.5) is 5.00 Å². The first-order chi connectivity index (χ1) is 9.96. The van der Waals surface area contributed by atoms with Gasteiger partial charge in [-0.05, 0) is 24.7 Å². The summed E-state index contributed by atoms with van der Waals surface area (Å²) in [4.78, 5) is 23.9. The summed E-state index contributed by atoms with van der Waals surface area (Å²) in [5.74, 6) is -1.06. The molecule has 0 fully saturated rings. The number of nitrogens with one attached hydrogen (secondary N) is 2. The van der Waals surface area contributed by atoms with Gasteiger partial charge in [-0.25, -0.2) is 9.59 Å². The van der Waals surface area contributed by atoms with E-state index >= 15 is 0 Å². The topological polar surface area (TPSA) is 76.7 Å². The Morgan fingerprint density at radius 1 is 1.33 bits per heavy atom. The van der Waals surface area contributed by atoms with Crippen LogP contribution in [0.5, 0.6) is 0 Å². The third-order valence-electron chi connectivity index (χ3n) is 2.54. The molecule has 1 aromatic heterocycles. The fourth-order valence-corrected chi connectivity index (χ4v) is 2.92. The van der Waals surface area contributed by atoms with Gasteiger partial charge in [0.25, 0.3) is 0 Å². The summed E-state index contributed by atoms with van der Waals surface area (Å²) in [6, 6.07) is 0. The van der Waals surface area contributed by atoms with Crippen LogP contribution in [0.15, 0.2) is 12.7 Å². The molecule has 0 aliphatic heterocycles. The fourth-order valence-electron chi connectivity index (χ4n) is 1.55. The van der Waals surface area contributed by atoms with Crippen molar-refractivity contribution in [1.29, 1.82) is 0 Å². The van der Waals surface area contributed by atoms with E-state index in [1.165, 1.54) is 14.2 Å². The van der Waals surface area contributed by atoms with E-state index in [9.17, 15) is 9.59 Å². The molecule has 0 spiro atoms. The first-order valence-corrected chi connectivity index (χ1v) is 7.14.